The molecule has 3 aromatic carbocycles. The predicted octanol–water partition coefficient (Wildman–Crippen LogP) is 4.68. The molecule has 7 atom stereocenters. The topological polar surface area (TPSA) is 266 Å². The Morgan fingerprint density at radius 2 is 1.37 bits per heavy atom. The maximum atomic E-state index is 14.1. The van der Waals surface area contributed by atoms with Gasteiger partial charge in [0, 0.05) is 44.3 Å². The summed E-state index contributed by atoms with van der Waals surface area (Å²) in [6.45, 7) is 6.95. The van der Waals surface area contributed by atoms with Crippen molar-refractivity contribution in [3.8, 4) is 11.1 Å². The van der Waals surface area contributed by atoms with Crippen molar-refractivity contribution in [2.45, 2.75) is 114 Å². The van der Waals surface area contributed by atoms with Gasteiger partial charge in [-0.2, -0.15) is 0 Å². The van der Waals surface area contributed by atoms with Gasteiger partial charge in [-0.3, -0.25) is 24.0 Å². The van der Waals surface area contributed by atoms with E-state index in [-0.39, 0.29) is 44.8 Å². The van der Waals surface area contributed by atoms with E-state index in [4.69, 9.17) is 34.2 Å². The van der Waals surface area contributed by atoms with Crippen LogP contribution in [0.15, 0.2) is 66.7 Å². The number of carbonyl (C=O) groups is 8. The van der Waals surface area contributed by atoms with Gasteiger partial charge in [-0.15, -0.1) is 0 Å². The molecule has 1 aliphatic heterocycles. The molecule has 3 aromatic rings. The Bertz CT molecular complexity index is 2300. The number of aryl methyl sites for hydroxylation is 1. The van der Waals surface area contributed by atoms with Crippen LogP contribution >= 0.6 is 15.9 Å². The van der Waals surface area contributed by atoms with Crippen molar-refractivity contribution < 1.29 is 66.8 Å². The lowest BCUT2D eigenvalue weighted by Crippen LogP contribution is -2.63. The van der Waals surface area contributed by atoms with Crippen molar-refractivity contribution in [1.82, 2.24) is 16.0 Å². The van der Waals surface area contributed by atoms with Gasteiger partial charge in [0.05, 0.1) is 13.2 Å². The first-order chi connectivity index (χ1) is 32.4. The number of anilines is 1. The molecule has 20 heteroatoms. The Morgan fingerprint density at radius 3 is 1.94 bits per heavy atom. The van der Waals surface area contributed by atoms with Crippen molar-refractivity contribution in [2.75, 3.05) is 25.6 Å². The average molecular weight is 1010 g/mol. The Morgan fingerprint density at radius 1 is 0.765 bits per heavy atom. The molecule has 2 aliphatic rings. The summed E-state index contributed by atoms with van der Waals surface area (Å²) < 4.78 is 33.2. The Hall–Kier alpha value is -6.54. The van der Waals surface area contributed by atoms with Crippen LogP contribution in [-0.4, -0.2) is 111 Å². The number of fused-ring (bicyclic) bond motifs is 3. The first-order valence-electron chi connectivity index (χ1n) is 22.1. The molecular weight excluding hydrogens is 950 g/mol. The van der Waals surface area contributed by atoms with Gasteiger partial charge in [-0.1, -0.05) is 84.4 Å². The van der Waals surface area contributed by atoms with Gasteiger partial charge >= 0.3 is 36.0 Å². The largest absolute Gasteiger partial charge is 0.467 e. The number of hydrogen-bond acceptors (Lipinski definition) is 14. The molecule has 0 saturated carbocycles. The number of alkyl halides is 1. The van der Waals surface area contributed by atoms with E-state index in [9.17, 15) is 38.4 Å². The smallest absolute Gasteiger partial charge is 0.407 e. The van der Waals surface area contributed by atoms with Crippen LogP contribution in [0.4, 0.5) is 15.3 Å². The maximum absolute atomic E-state index is 14.1. The minimum atomic E-state index is -1.55. The fourth-order valence-electron chi connectivity index (χ4n) is 8.38. The molecule has 1 heterocycles. The summed E-state index contributed by atoms with van der Waals surface area (Å²) >= 11 is 3.50. The number of primary amides is 1. The highest BCUT2D eigenvalue weighted by Gasteiger charge is 2.54. The highest BCUT2D eigenvalue weighted by molar-refractivity contribution is 9.08. The lowest BCUT2D eigenvalue weighted by Gasteiger charge is -2.43. The molecule has 1 fully saturated rings. The number of benzene rings is 3. The molecule has 2 unspecified atom stereocenters. The monoisotopic (exact) mass is 1010 g/mol. The summed E-state index contributed by atoms with van der Waals surface area (Å²) in [6, 6.07) is 17.9. The van der Waals surface area contributed by atoms with E-state index >= 15 is 0 Å². The van der Waals surface area contributed by atoms with Gasteiger partial charge in [-0.05, 0) is 77.1 Å². The predicted molar refractivity (Wildman–Crippen MR) is 249 cm³/mol. The number of rotatable bonds is 20. The van der Waals surface area contributed by atoms with Crippen molar-refractivity contribution in [3.05, 3.63) is 89.0 Å². The first kappa shape index (κ1) is 52.4. The third kappa shape index (κ3) is 13.8. The molecule has 366 valence electrons. The highest BCUT2D eigenvalue weighted by Crippen LogP contribution is 2.44. The summed E-state index contributed by atoms with van der Waals surface area (Å²) in [7, 11) is 1.10. The summed E-state index contributed by atoms with van der Waals surface area (Å²) in [6.07, 6.45) is -7.17. The van der Waals surface area contributed by atoms with Crippen LogP contribution < -0.4 is 27.0 Å². The highest BCUT2D eigenvalue weighted by atomic mass is 79.9. The van der Waals surface area contributed by atoms with Crippen molar-refractivity contribution in [3.63, 3.8) is 0 Å². The fraction of sp³-hybridized carbons (Fsp3) is 0.458. The number of carbonyl (C=O) groups excluding carboxylic acids is 8. The molecule has 0 radical (unpaired) electrons. The number of halogens is 1. The van der Waals surface area contributed by atoms with Gasteiger partial charge in [-0.25, -0.2) is 14.4 Å². The first-order valence-corrected chi connectivity index (χ1v) is 23.2. The summed E-state index contributed by atoms with van der Waals surface area (Å²) in [5, 5.41) is 11.2. The summed E-state index contributed by atoms with van der Waals surface area (Å²) in [5.74, 6) is -5.19. The Labute approximate surface area is 402 Å². The van der Waals surface area contributed by atoms with Crippen LogP contribution in [-0.2, 0) is 68.9 Å². The summed E-state index contributed by atoms with van der Waals surface area (Å²) in [5.41, 5.74) is 11.2. The number of urea groups is 1. The van der Waals surface area contributed by atoms with Crippen molar-refractivity contribution >= 4 is 69.4 Å². The second-order valence-electron chi connectivity index (χ2n) is 16.7. The SMILES string of the molecule is COC(=O)[C@H]1O[C@@H](CCc2cc(NC(=O)C(CCCNC(N)=O)NC(=O)C(NC(=O)OCC3c4ccccc4-c4ccccc43)C(C)C)ccc2CBr)[C@H](OC(C)=O)[C@@H](OC(C)=O)[C@@H]1OC(C)=O. The molecule has 0 aromatic heterocycles. The van der Waals surface area contributed by atoms with Gasteiger partial charge < -0.3 is 55.4 Å². The van der Waals surface area contributed by atoms with Gasteiger partial charge in [0.2, 0.25) is 11.8 Å². The van der Waals surface area contributed by atoms with E-state index in [0.717, 1.165) is 55.7 Å². The molecule has 1 saturated heterocycles. The minimum absolute atomic E-state index is 0.0276. The second kappa shape index (κ2) is 24.5. The standard InChI is InChI=1S/C48H58BrN5O14/c1-25(2)39(54-48(62)64-24-36-34-14-9-7-12-32(34)33-13-8-10-15-35(33)36)45(59)53-37(16-11-21-51-47(50)61)44(58)52-31-19-17-30(23-49)29(22-31)18-20-38-40(65-26(3)55)41(66-27(4)56)42(67-28(5)57)43(68-38)46(60)63-6/h7-10,12-15,17,19,22,25,36-43H,11,16,18,20-21,23-24H2,1-6H3,(H,52,58)(H,53,59)(H,54,62)(H3,50,51,61)/t37?,38-,39?,40-,41+,42-,43-/m0/s1. The maximum Gasteiger partial charge on any atom is 0.407 e. The van der Waals surface area contributed by atoms with E-state index in [1.54, 1.807) is 32.0 Å². The Kier molecular flexibility index (Phi) is 18.9. The zero-order valence-electron chi connectivity index (χ0n) is 38.7. The van der Waals surface area contributed by atoms with Gasteiger partial charge in [0.15, 0.2) is 24.4 Å². The average Bonchev–Trinajstić information content (AvgIpc) is 3.61. The van der Waals surface area contributed by atoms with Crippen LogP contribution in [0.25, 0.3) is 11.1 Å². The molecule has 5 rings (SSSR count). The number of methoxy groups -OCH3 is 1. The van der Waals surface area contributed by atoms with Crippen molar-refractivity contribution in [1.29, 1.82) is 0 Å². The molecule has 6 N–H and O–H groups in total. The van der Waals surface area contributed by atoms with Crippen LogP contribution in [0, 0.1) is 5.92 Å². The van der Waals surface area contributed by atoms with Crippen LogP contribution in [0.2, 0.25) is 0 Å². The molecular formula is C48H58BrN5O14. The molecule has 19 nitrogen and oxygen atoms in total. The number of nitrogens with two attached hydrogens (primary N) is 1. The lowest BCUT2D eigenvalue weighted by molar-refractivity contribution is -0.249. The third-order valence-corrected chi connectivity index (χ3v) is 12.1. The van der Waals surface area contributed by atoms with Crippen molar-refractivity contribution in [2.24, 2.45) is 11.7 Å². The van der Waals surface area contributed by atoms with E-state index in [1.807, 2.05) is 48.5 Å². The summed E-state index contributed by atoms with van der Waals surface area (Å²) in [4.78, 5) is 102. The van der Waals surface area contributed by atoms with Crippen LogP contribution in [0.3, 0.4) is 0 Å². The normalized spacial score (nSPS) is 19.2. The molecule has 1 aliphatic carbocycles. The Balaban J connectivity index is 1.31. The number of hydrogen-bond donors (Lipinski definition) is 5. The van der Waals surface area contributed by atoms with E-state index in [1.165, 1.54) is 0 Å². The molecule has 5 amide bonds. The molecule has 0 bridgehead atoms. The third-order valence-electron chi connectivity index (χ3n) is 11.5. The van der Waals surface area contributed by atoms with Gasteiger partial charge in [0.25, 0.3) is 0 Å². The molecule has 68 heavy (non-hydrogen) atoms. The number of esters is 4. The fourth-order valence-corrected chi connectivity index (χ4v) is 8.92. The number of ether oxygens (including phenoxy) is 6. The quantitative estimate of drug-likeness (QED) is 0.0445. The van der Waals surface area contributed by atoms with E-state index in [0.29, 0.717) is 16.6 Å². The van der Waals surface area contributed by atoms with Crippen LogP contribution in [0.1, 0.15) is 82.1 Å². The van der Waals surface area contributed by atoms with E-state index < -0.39 is 96.3 Å². The number of alkyl carbamates (subject to hydrolysis) is 1. The number of nitrogens with one attached hydrogen (secondary N) is 4. The van der Waals surface area contributed by atoms with Crippen LogP contribution in [0.5, 0.6) is 0 Å². The minimum Gasteiger partial charge on any atom is -0.467 e. The van der Waals surface area contributed by atoms with E-state index in [2.05, 4.69) is 37.2 Å². The zero-order valence-corrected chi connectivity index (χ0v) is 40.3. The zero-order chi connectivity index (χ0) is 49.7. The number of amides is 5. The van der Waals surface area contributed by atoms with Gasteiger partial charge in [0.1, 0.15) is 18.7 Å². The molecule has 0 spiro atoms. The lowest BCUT2D eigenvalue weighted by atomic mass is 9.90. The second-order valence-corrected chi connectivity index (χ2v) is 17.2.